The molecular weight excluding hydrogens is 348 g/mol. The van der Waals surface area contributed by atoms with Crippen molar-refractivity contribution in [1.29, 1.82) is 0 Å². The summed E-state index contributed by atoms with van der Waals surface area (Å²) in [5.41, 5.74) is 2.54. The summed E-state index contributed by atoms with van der Waals surface area (Å²) in [5, 5.41) is 24.5. The van der Waals surface area contributed by atoms with Gasteiger partial charge in [0, 0.05) is 29.4 Å². The van der Waals surface area contributed by atoms with Crippen molar-refractivity contribution in [3.63, 3.8) is 0 Å². The molecule has 0 saturated carbocycles. The monoisotopic (exact) mass is 362 g/mol. The number of phenols is 1. The Balaban J connectivity index is 1.71. The quantitative estimate of drug-likeness (QED) is 0.404. The van der Waals surface area contributed by atoms with E-state index in [4.69, 9.17) is 4.42 Å². The number of fused-ring (bicyclic) bond motifs is 1. The number of nitrogens with one attached hydrogen (secondary N) is 1. The second kappa shape index (κ2) is 6.41. The van der Waals surface area contributed by atoms with Gasteiger partial charge in [0.15, 0.2) is 0 Å². The number of nitro benzene ring substituents is 1. The summed E-state index contributed by atoms with van der Waals surface area (Å²) in [7, 11) is 0. The number of hydrogen-bond acceptors (Lipinski definition) is 7. The SMILES string of the molecule is Cc1ccc(Nc2ncnc3oc(-c4ccc([N+](=O)[O-])cc4)cc23)cc1O. The lowest BCUT2D eigenvalue weighted by atomic mass is 10.1. The number of anilines is 2. The van der Waals surface area contributed by atoms with E-state index >= 15 is 0 Å². The van der Waals surface area contributed by atoms with E-state index in [0.717, 1.165) is 5.56 Å². The minimum absolute atomic E-state index is 0.0104. The van der Waals surface area contributed by atoms with Gasteiger partial charge in [-0.15, -0.1) is 0 Å². The molecule has 4 aromatic rings. The average Bonchev–Trinajstić information content (AvgIpc) is 3.10. The fraction of sp³-hybridized carbons (Fsp3) is 0.0526. The highest BCUT2D eigenvalue weighted by Crippen LogP contribution is 2.32. The van der Waals surface area contributed by atoms with Gasteiger partial charge in [0.1, 0.15) is 23.7 Å². The average molecular weight is 362 g/mol. The van der Waals surface area contributed by atoms with Gasteiger partial charge >= 0.3 is 0 Å². The number of nitro groups is 1. The topological polar surface area (TPSA) is 114 Å². The van der Waals surface area contributed by atoms with E-state index < -0.39 is 4.92 Å². The van der Waals surface area contributed by atoms with E-state index in [9.17, 15) is 15.2 Å². The lowest BCUT2D eigenvalue weighted by Crippen LogP contribution is -1.94. The second-order valence-corrected chi connectivity index (χ2v) is 5.98. The predicted octanol–water partition coefficient (Wildman–Crippen LogP) is 4.56. The third-order valence-corrected chi connectivity index (χ3v) is 4.16. The summed E-state index contributed by atoms with van der Waals surface area (Å²) in [6, 6.07) is 13.1. The molecule has 4 rings (SSSR count). The Bertz CT molecular complexity index is 1150. The van der Waals surface area contributed by atoms with Crippen LogP contribution in [0.4, 0.5) is 17.2 Å². The van der Waals surface area contributed by atoms with Crippen LogP contribution >= 0.6 is 0 Å². The maximum absolute atomic E-state index is 10.8. The summed E-state index contributed by atoms with van der Waals surface area (Å²) in [5.74, 6) is 1.24. The second-order valence-electron chi connectivity index (χ2n) is 5.98. The molecule has 0 radical (unpaired) electrons. The first-order valence-corrected chi connectivity index (χ1v) is 8.07. The van der Waals surface area contributed by atoms with Crippen LogP contribution in [-0.4, -0.2) is 20.0 Å². The molecule has 2 N–H and O–H groups in total. The highest BCUT2D eigenvalue weighted by atomic mass is 16.6. The third kappa shape index (κ3) is 3.15. The maximum atomic E-state index is 10.8. The first-order valence-electron chi connectivity index (χ1n) is 8.07. The van der Waals surface area contributed by atoms with Crippen LogP contribution < -0.4 is 5.32 Å². The molecule has 8 nitrogen and oxygen atoms in total. The molecule has 0 bridgehead atoms. The van der Waals surface area contributed by atoms with Gasteiger partial charge in [-0.3, -0.25) is 10.1 Å². The zero-order valence-corrected chi connectivity index (χ0v) is 14.2. The van der Waals surface area contributed by atoms with Gasteiger partial charge in [0.25, 0.3) is 5.69 Å². The largest absolute Gasteiger partial charge is 0.508 e. The lowest BCUT2D eigenvalue weighted by Gasteiger charge is -2.07. The van der Waals surface area contributed by atoms with Gasteiger partial charge in [0.05, 0.1) is 10.3 Å². The van der Waals surface area contributed by atoms with Crippen LogP contribution in [0.5, 0.6) is 5.75 Å². The van der Waals surface area contributed by atoms with Crippen molar-refractivity contribution in [3.8, 4) is 17.1 Å². The normalized spacial score (nSPS) is 10.9. The highest BCUT2D eigenvalue weighted by Gasteiger charge is 2.13. The van der Waals surface area contributed by atoms with Gasteiger partial charge in [-0.1, -0.05) is 6.07 Å². The molecule has 0 unspecified atom stereocenters. The summed E-state index contributed by atoms with van der Waals surface area (Å²) in [6.07, 6.45) is 1.38. The van der Waals surface area contributed by atoms with Crippen LogP contribution in [0.1, 0.15) is 5.56 Å². The van der Waals surface area contributed by atoms with Gasteiger partial charge in [-0.05, 0) is 36.8 Å². The minimum Gasteiger partial charge on any atom is -0.508 e. The smallest absolute Gasteiger partial charge is 0.269 e. The molecule has 2 heterocycles. The molecule has 27 heavy (non-hydrogen) atoms. The Morgan fingerprint density at radius 3 is 2.59 bits per heavy atom. The van der Waals surface area contributed by atoms with E-state index in [1.54, 1.807) is 30.3 Å². The number of rotatable bonds is 4. The molecular formula is C19H14N4O4. The number of non-ortho nitro benzene ring substituents is 1. The van der Waals surface area contributed by atoms with Crippen molar-refractivity contribution in [1.82, 2.24) is 9.97 Å². The zero-order valence-electron chi connectivity index (χ0n) is 14.2. The Labute approximate surface area is 153 Å². The number of hydrogen-bond donors (Lipinski definition) is 2. The van der Waals surface area contributed by atoms with Crippen molar-refractivity contribution >= 4 is 28.3 Å². The molecule has 134 valence electrons. The van der Waals surface area contributed by atoms with E-state index in [-0.39, 0.29) is 11.4 Å². The molecule has 0 saturated heterocycles. The first-order chi connectivity index (χ1) is 13.0. The van der Waals surface area contributed by atoms with Crippen LogP contribution in [0.2, 0.25) is 0 Å². The highest BCUT2D eigenvalue weighted by molar-refractivity contribution is 5.91. The minimum atomic E-state index is -0.451. The molecule has 0 atom stereocenters. The van der Waals surface area contributed by atoms with Crippen molar-refractivity contribution < 1.29 is 14.4 Å². The molecule has 0 aliphatic heterocycles. The molecule has 0 aliphatic rings. The van der Waals surface area contributed by atoms with Crippen LogP contribution in [0.25, 0.3) is 22.4 Å². The number of aromatic nitrogens is 2. The Morgan fingerprint density at radius 1 is 1.11 bits per heavy atom. The summed E-state index contributed by atoms with van der Waals surface area (Å²) in [4.78, 5) is 18.7. The number of benzene rings is 2. The fourth-order valence-electron chi connectivity index (χ4n) is 2.67. The summed E-state index contributed by atoms with van der Waals surface area (Å²) < 4.78 is 5.77. The van der Waals surface area contributed by atoms with Crippen molar-refractivity contribution in [2.45, 2.75) is 6.92 Å². The number of aromatic hydroxyl groups is 1. The van der Waals surface area contributed by atoms with Crippen LogP contribution in [-0.2, 0) is 0 Å². The van der Waals surface area contributed by atoms with Crippen molar-refractivity contribution in [2.24, 2.45) is 0 Å². The van der Waals surface area contributed by atoms with Crippen LogP contribution in [0.3, 0.4) is 0 Å². The van der Waals surface area contributed by atoms with Crippen LogP contribution in [0.15, 0.2) is 59.3 Å². The number of phenolic OH excluding ortho intramolecular Hbond substituents is 1. The van der Waals surface area contributed by atoms with Gasteiger partial charge in [-0.25, -0.2) is 9.97 Å². The maximum Gasteiger partial charge on any atom is 0.269 e. The standard InChI is InChI=1S/C19H14N4O4/c1-11-2-5-13(8-16(11)24)22-18-15-9-17(27-19(15)21-10-20-18)12-3-6-14(7-4-12)23(25)26/h2-10,24H,1H3,(H,20,21,22). The summed E-state index contributed by atoms with van der Waals surface area (Å²) >= 11 is 0. The first kappa shape index (κ1) is 16.5. The number of furan rings is 1. The van der Waals surface area contributed by atoms with E-state index in [0.29, 0.717) is 33.9 Å². The molecule has 0 aliphatic carbocycles. The lowest BCUT2D eigenvalue weighted by molar-refractivity contribution is -0.384. The molecule has 2 aromatic carbocycles. The Morgan fingerprint density at radius 2 is 1.89 bits per heavy atom. The molecule has 0 amide bonds. The Hall–Kier alpha value is -3.94. The van der Waals surface area contributed by atoms with Gasteiger partial charge in [0.2, 0.25) is 5.71 Å². The third-order valence-electron chi connectivity index (χ3n) is 4.16. The number of nitrogens with zero attached hydrogens (tertiary/aromatic N) is 3. The number of aryl methyl sites for hydroxylation is 1. The van der Waals surface area contributed by atoms with E-state index in [1.165, 1.54) is 18.5 Å². The van der Waals surface area contributed by atoms with Gasteiger partial charge in [-0.2, -0.15) is 0 Å². The Kier molecular flexibility index (Phi) is 3.92. The van der Waals surface area contributed by atoms with Crippen LogP contribution in [0, 0.1) is 17.0 Å². The molecule has 0 spiro atoms. The van der Waals surface area contributed by atoms with E-state index in [2.05, 4.69) is 15.3 Å². The zero-order chi connectivity index (χ0) is 19.0. The van der Waals surface area contributed by atoms with Crippen molar-refractivity contribution in [2.75, 3.05) is 5.32 Å². The summed E-state index contributed by atoms with van der Waals surface area (Å²) in [6.45, 7) is 1.81. The predicted molar refractivity (Wildman–Crippen MR) is 100 cm³/mol. The molecule has 0 fully saturated rings. The molecule has 8 heteroatoms. The van der Waals surface area contributed by atoms with Gasteiger partial charge < -0.3 is 14.8 Å². The fourth-order valence-corrected chi connectivity index (χ4v) is 2.67. The van der Waals surface area contributed by atoms with E-state index in [1.807, 2.05) is 13.0 Å². The molecule has 2 aromatic heterocycles. The van der Waals surface area contributed by atoms with Crippen molar-refractivity contribution in [3.05, 3.63) is 70.5 Å².